The molecule has 5 heteroatoms. The van der Waals surface area contributed by atoms with Crippen LogP contribution in [-0.2, 0) is 6.54 Å². The third-order valence-corrected chi connectivity index (χ3v) is 3.09. The molecule has 0 spiro atoms. The summed E-state index contributed by atoms with van der Waals surface area (Å²) >= 11 is 7.40. The molecule has 2 aromatic heterocycles. The highest BCUT2D eigenvalue weighted by molar-refractivity contribution is 7.14. The smallest absolute Gasteiger partial charge is 0.142 e. The van der Waals surface area contributed by atoms with Crippen molar-refractivity contribution in [2.75, 3.05) is 7.05 Å². The van der Waals surface area contributed by atoms with Gasteiger partial charge in [0.25, 0.3) is 0 Å². The molecule has 78 valence electrons. The van der Waals surface area contributed by atoms with E-state index in [1.165, 1.54) is 4.88 Å². The lowest BCUT2D eigenvalue weighted by atomic mass is 10.4. The van der Waals surface area contributed by atoms with Crippen LogP contribution in [0.15, 0.2) is 24.5 Å². The maximum atomic E-state index is 5.76. The van der Waals surface area contributed by atoms with E-state index in [2.05, 4.69) is 15.3 Å². The minimum absolute atomic E-state index is 0.644. The second kappa shape index (κ2) is 4.70. The van der Waals surface area contributed by atoms with Crippen LogP contribution in [0.2, 0.25) is 5.02 Å². The van der Waals surface area contributed by atoms with E-state index < -0.39 is 0 Å². The first-order chi connectivity index (χ1) is 7.29. The summed E-state index contributed by atoms with van der Waals surface area (Å²) in [7, 11) is 1.92. The van der Waals surface area contributed by atoms with Gasteiger partial charge in [-0.1, -0.05) is 11.6 Å². The number of hydrogen-bond acceptors (Lipinski definition) is 4. The van der Waals surface area contributed by atoms with Crippen LogP contribution < -0.4 is 5.32 Å². The van der Waals surface area contributed by atoms with E-state index in [0.29, 0.717) is 5.02 Å². The molecule has 0 aliphatic carbocycles. The normalized spacial score (nSPS) is 10.5. The van der Waals surface area contributed by atoms with Gasteiger partial charge in [0.1, 0.15) is 5.01 Å². The second-order valence-electron chi connectivity index (χ2n) is 3.02. The van der Waals surface area contributed by atoms with Crippen molar-refractivity contribution in [1.82, 2.24) is 15.3 Å². The molecule has 0 aliphatic rings. The van der Waals surface area contributed by atoms with Crippen LogP contribution in [0.1, 0.15) is 4.88 Å². The molecule has 3 nitrogen and oxygen atoms in total. The first-order valence-corrected chi connectivity index (χ1v) is 5.70. The zero-order chi connectivity index (χ0) is 10.7. The summed E-state index contributed by atoms with van der Waals surface area (Å²) in [5.74, 6) is 0. The molecule has 2 heterocycles. The van der Waals surface area contributed by atoms with Crippen molar-refractivity contribution >= 4 is 22.9 Å². The number of thiazole rings is 1. The largest absolute Gasteiger partial charge is 0.315 e. The van der Waals surface area contributed by atoms with Crippen LogP contribution in [0.5, 0.6) is 0 Å². The molecular formula is C10H10ClN3S. The summed E-state index contributed by atoms with van der Waals surface area (Å²) in [4.78, 5) is 9.72. The van der Waals surface area contributed by atoms with Gasteiger partial charge in [0.15, 0.2) is 0 Å². The molecule has 0 aliphatic heterocycles. The van der Waals surface area contributed by atoms with Gasteiger partial charge in [-0.15, -0.1) is 11.3 Å². The summed E-state index contributed by atoms with van der Waals surface area (Å²) in [5, 5.41) is 4.66. The average Bonchev–Trinajstić information content (AvgIpc) is 2.68. The van der Waals surface area contributed by atoms with Crippen molar-refractivity contribution in [3.63, 3.8) is 0 Å². The van der Waals surface area contributed by atoms with Gasteiger partial charge in [-0.3, -0.25) is 4.98 Å². The number of rotatable bonds is 3. The summed E-state index contributed by atoms with van der Waals surface area (Å²) < 4.78 is 0. The quantitative estimate of drug-likeness (QED) is 0.895. The van der Waals surface area contributed by atoms with Crippen molar-refractivity contribution < 1.29 is 0 Å². The number of pyridine rings is 1. The second-order valence-corrected chi connectivity index (χ2v) is 4.58. The Bertz CT molecular complexity index is 438. The molecule has 15 heavy (non-hydrogen) atoms. The maximum absolute atomic E-state index is 5.76. The zero-order valence-electron chi connectivity index (χ0n) is 8.20. The Hall–Kier alpha value is -0.970. The number of nitrogens with zero attached hydrogens (tertiary/aromatic N) is 2. The minimum Gasteiger partial charge on any atom is -0.315 e. The van der Waals surface area contributed by atoms with Gasteiger partial charge in [-0.25, -0.2) is 4.98 Å². The lowest BCUT2D eigenvalue weighted by Crippen LogP contribution is -2.02. The van der Waals surface area contributed by atoms with E-state index in [1.54, 1.807) is 17.5 Å². The van der Waals surface area contributed by atoms with Crippen LogP contribution in [0, 0.1) is 0 Å². The molecule has 0 radical (unpaired) electrons. The maximum Gasteiger partial charge on any atom is 0.142 e. The Balaban J connectivity index is 2.25. The third-order valence-electron chi connectivity index (χ3n) is 1.85. The van der Waals surface area contributed by atoms with Gasteiger partial charge < -0.3 is 5.32 Å². The summed E-state index contributed by atoms with van der Waals surface area (Å²) in [6.07, 6.45) is 3.50. The zero-order valence-corrected chi connectivity index (χ0v) is 9.77. The highest BCUT2D eigenvalue weighted by atomic mass is 35.5. The summed E-state index contributed by atoms with van der Waals surface area (Å²) in [6.45, 7) is 0.839. The van der Waals surface area contributed by atoms with Crippen LogP contribution in [-0.4, -0.2) is 17.0 Å². The van der Waals surface area contributed by atoms with Crippen LogP contribution in [0.3, 0.4) is 0 Å². The van der Waals surface area contributed by atoms with Crippen molar-refractivity contribution in [2.24, 2.45) is 0 Å². The number of nitrogens with one attached hydrogen (secondary N) is 1. The fraction of sp³-hybridized carbons (Fsp3) is 0.200. The molecule has 2 rings (SSSR count). The lowest BCUT2D eigenvalue weighted by molar-refractivity contribution is 0.829. The van der Waals surface area contributed by atoms with Gasteiger partial charge >= 0.3 is 0 Å². The van der Waals surface area contributed by atoms with Crippen LogP contribution in [0.4, 0.5) is 0 Å². The first-order valence-electron chi connectivity index (χ1n) is 4.51. The van der Waals surface area contributed by atoms with Gasteiger partial charge in [-0.2, -0.15) is 0 Å². The van der Waals surface area contributed by atoms with E-state index in [-0.39, 0.29) is 0 Å². The SMILES string of the molecule is CNCc1cnc(-c2ccc(Cl)cn2)s1. The Morgan fingerprint density at radius 1 is 1.33 bits per heavy atom. The minimum atomic E-state index is 0.644. The van der Waals surface area contributed by atoms with Gasteiger partial charge in [0.05, 0.1) is 10.7 Å². The Kier molecular flexibility index (Phi) is 3.30. The molecule has 0 saturated carbocycles. The average molecular weight is 240 g/mol. The van der Waals surface area contributed by atoms with Crippen molar-refractivity contribution in [3.05, 3.63) is 34.4 Å². The number of halogens is 1. The molecule has 0 unspecified atom stereocenters. The number of aromatic nitrogens is 2. The van der Waals surface area contributed by atoms with E-state index in [4.69, 9.17) is 11.6 Å². The molecule has 2 aromatic rings. The van der Waals surface area contributed by atoms with Crippen molar-refractivity contribution in [1.29, 1.82) is 0 Å². The molecule has 1 N–H and O–H groups in total. The fourth-order valence-electron chi connectivity index (χ4n) is 1.18. The predicted octanol–water partition coefficient (Wildman–Crippen LogP) is 2.58. The highest BCUT2D eigenvalue weighted by Gasteiger charge is 2.04. The molecular weight excluding hydrogens is 230 g/mol. The van der Waals surface area contributed by atoms with E-state index in [0.717, 1.165) is 17.2 Å². The third kappa shape index (κ3) is 2.53. The standard InChI is InChI=1S/C10H10ClN3S/c1-12-5-8-6-14-10(15-8)9-3-2-7(11)4-13-9/h2-4,6,12H,5H2,1H3. The van der Waals surface area contributed by atoms with Gasteiger partial charge in [0, 0.05) is 23.8 Å². The highest BCUT2D eigenvalue weighted by Crippen LogP contribution is 2.23. The van der Waals surface area contributed by atoms with E-state index in [9.17, 15) is 0 Å². The summed E-state index contributed by atoms with van der Waals surface area (Å²) in [6, 6.07) is 3.70. The fourth-order valence-corrected chi connectivity index (χ4v) is 2.20. The van der Waals surface area contributed by atoms with Gasteiger partial charge in [-0.05, 0) is 19.2 Å². The lowest BCUT2D eigenvalue weighted by Gasteiger charge is -1.94. The van der Waals surface area contributed by atoms with Crippen molar-refractivity contribution in [3.8, 4) is 10.7 Å². The summed E-state index contributed by atoms with van der Waals surface area (Å²) in [5.41, 5.74) is 0.867. The van der Waals surface area contributed by atoms with Crippen LogP contribution >= 0.6 is 22.9 Å². The first kappa shape index (κ1) is 10.5. The molecule has 0 amide bonds. The molecule has 0 atom stereocenters. The Labute approximate surface area is 97.2 Å². The topological polar surface area (TPSA) is 37.8 Å². The number of hydrogen-bond donors (Lipinski definition) is 1. The van der Waals surface area contributed by atoms with Crippen LogP contribution in [0.25, 0.3) is 10.7 Å². The van der Waals surface area contributed by atoms with E-state index in [1.807, 2.05) is 25.4 Å². The molecule has 0 bridgehead atoms. The van der Waals surface area contributed by atoms with E-state index >= 15 is 0 Å². The Morgan fingerprint density at radius 2 is 2.20 bits per heavy atom. The monoisotopic (exact) mass is 239 g/mol. The Morgan fingerprint density at radius 3 is 2.87 bits per heavy atom. The molecule has 0 fully saturated rings. The predicted molar refractivity (Wildman–Crippen MR) is 63.1 cm³/mol. The van der Waals surface area contributed by atoms with Gasteiger partial charge in [0.2, 0.25) is 0 Å². The van der Waals surface area contributed by atoms with Crippen molar-refractivity contribution in [2.45, 2.75) is 6.54 Å². The molecule has 0 aromatic carbocycles. The molecule has 0 saturated heterocycles.